The number of benzene rings is 2. The molecule has 7 heteroatoms. The Morgan fingerprint density at radius 1 is 0.943 bits per heavy atom. The van der Waals surface area contributed by atoms with E-state index in [0.717, 1.165) is 47.9 Å². The van der Waals surface area contributed by atoms with Gasteiger partial charge in [0.15, 0.2) is 0 Å². The number of carbonyl (C=O) groups excluding carboxylic acids is 2. The first-order valence-electron chi connectivity index (χ1n) is 12.6. The van der Waals surface area contributed by atoms with Crippen LogP contribution in [0.25, 0.3) is 11.1 Å². The number of hydrogen-bond donors (Lipinski definition) is 3. The van der Waals surface area contributed by atoms with Gasteiger partial charge in [0.05, 0.1) is 0 Å². The van der Waals surface area contributed by atoms with Crippen molar-refractivity contribution in [1.29, 1.82) is 0 Å². The molecule has 1 fully saturated rings. The van der Waals surface area contributed by atoms with E-state index in [-0.39, 0.29) is 24.9 Å². The highest BCUT2D eigenvalue weighted by atomic mass is 16.5. The predicted molar refractivity (Wildman–Crippen MR) is 133 cm³/mol. The zero-order valence-corrected chi connectivity index (χ0v) is 20.2. The van der Waals surface area contributed by atoms with E-state index >= 15 is 0 Å². The molecular weight excluding hydrogens is 444 g/mol. The van der Waals surface area contributed by atoms with Crippen LogP contribution >= 0.6 is 0 Å². The monoisotopic (exact) mass is 478 g/mol. The van der Waals surface area contributed by atoms with E-state index in [1.807, 2.05) is 24.3 Å². The normalized spacial score (nSPS) is 17.1. The van der Waals surface area contributed by atoms with E-state index in [0.29, 0.717) is 12.3 Å². The van der Waals surface area contributed by atoms with Crippen LogP contribution < -0.4 is 10.6 Å². The highest BCUT2D eigenvalue weighted by molar-refractivity contribution is 5.84. The molecule has 35 heavy (non-hydrogen) atoms. The number of aliphatic carboxylic acids is 1. The minimum atomic E-state index is -1.01. The Labute approximate surface area is 206 Å². The summed E-state index contributed by atoms with van der Waals surface area (Å²) in [6.07, 6.45) is 5.30. The van der Waals surface area contributed by atoms with Crippen molar-refractivity contribution in [3.05, 3.63) is 59.7 Å². The summed E-state index contributed by atoms with van der Waals surface area (Å²) in [5, 5.41) is 14.9. The number of nitrogens with one attached hydrogen (secondary N) is 2. The zero-order chi connectivity index (χ0) is 24.8. The molecule has 1 saturated carbocycles. The van der Waals surface area contributed by atoms with Crippen LogP contribution in [0.2, 0.25) is 0 Å². The molecule has 2 aromatic rings. The van der Waals surface area contributed by atoms with Gasteiger partial charge in [-0.3, -0.25) is 4.79 Å². The molecule has 7 nitrogen and oxygen atoms in total. The molecule has 0 aliphatic heterocycles. The first kappa shape index (κ1) is 24.8. The first-order valence-corrected chi connectivity index (χ1v) is 12.6. The SMILES string of the molecule is CC(CC(=O)NC(CC1CCCCC1)C(=O)O)NC(=O)OCC1c2ccccc2-c2ccccc21. The van der Waals surface area contributed by atoms with Gasteiger partial charge < -0.3 is 20.5 Å². The Hall–Kier alpha value is -3.35. The third-order valence-electron chi connectivity index (χ3n) is 7.13. The standard InChI is InChI=1S/C28H34N2O5/c1-18(15-26(31)30-25(27(32)33)16-19-9-3-2-4-10-19)29-28(34)35-17-24-22-13-7-5-11-20(22)21-12-6-8-14-23(21)24/h5-8,11-14,18-19,24-25H,2-4,9-10,15-17H2,1H3,(H,29,34)(H,30,31)(H,32,33). The van der Waals surface area contributed by atoms with Crippen molar-refractivity contribution >= 4 is 18.0 Å². The molecule has 3 N–H and O–H groups in total. The second-order valence-corrected chi connectivity index (χ2v) is 9.77. The summed E-state index contributed by atoms with van der Waals surface area (Å²) in [6, 6.07) is 14.9. The fourth-order valence-electron chi connectivity index (χ4n) is 5.40. The molecule has 2 aromatic carbocycles. The minimum absolute atomic E-state index is 0.0152. The van der Waals surface area contributed by atoms with Gasteiger partial charge in [-0.2, -0.15) is 0 Å². The summed E-state index contributed by atoms with van der Waals surface area (Å²) >= 11 is 0. The molecule has 2 atom stereocenters. The minimum Gasteiger partial charge on any atom is -0.480 e. The van der Waals surface area contributed by atoms with E-state index in [1.165, 1.54) is 6.42 Å². The van der Waals surface area contributed by atoms with Crippen molar-refractivity contribution in [3.63, 3.8) is 0 Å². The lowest BCUT2D eigenvalue weighted by molar-refractivity contribution is -0.142. The summed E-state index contributed by atoms with van der Waals surface area (Å²) in [7, 11) is 0. The third kappa shape index (κ3) is 6.21. The van der Waals surface area contributed by atoms with Gasteiger partial charge in [0.2, 0.25) is 5.91 Å². The van der Waals surface area contributed by atoms with Crippen LogP contribution in [0.3, 0.4) is 0 Å². The van der Waals surface area contributed by atoms with Crippen molar-refractivity contribution in [2.75, 3.05) is 6.61 Å². The van der Waals surface area contributed by atoms with Crippen LogP contribution in [0.15, 0.2) is 48.5 Å². The van der Waals surface area contributed by atoms with Crippen LogP contribution in [-0.2, 0) is 14.3 Å². The number of ether oxygens (including phenoxy) is 1. The maximum atomic E-state index is 12.5. The number of rotatable bonds is 9. The Kier molecular flexibility index (Phi) is 8.06. The molecular formula is C28H34N2O5. The number of amides is 2. The third-order valence-corrected chi connectivity index (χ3v) is 7.13. The van der Waals surface area contributed by atoms with Crippen LogP contribution in [0.1, 0.15) is 68.9 Å². The molecule has 0 aromatic heterocycles. The van der Waals surface area contributed by atoms with Crippen LogP contribution in [-0.4, -0.2) is 41.8 Å². The average molecular weight is 479 g/mol. The summed E-state index contributed by atoms with van der Waals surface area (Å²) in [4.78, 5) is 36.6. The second-order valence-electron chi connectivity index (χ2n) is 9.77. The molecule has 186 valence electrons. The number of carbonyl (C=O) groups is 3. The Balaban J connectivity index is 1.25. The van der Waals surface area contributed by atoms with Crippen LogP contribution in [0.5, 0.6) is 0 Å². The summed E-state index contributed by atoms with van der Waals surface area (Å²) in [6.45, 7) is 1.90. The van der Waals surface area contributed by atoms with E-state index in [2.05, 4.69) is 34.9 Å². The van der Waals surface area contributed by atoms with Gasteiger partial charge >= 0.3 is 12.1 Å². The fraction of sp³-hybridized carbons (Fsp3) is 0.464. The molecule has 4 rings (SSSR count). The summed E-state index contributed by atoms with van der Waals surface area (Å²) in [5.74, 6) is -1.11. The first-order chi connectivity index (χ1) is 16.9. The predicted octanol–water partition coefficient (Wildman–Crippen LogP) is 4.84. The van der Waals surface area contributed by atoms with Gasteiger partial charge in [-0.1, -0.05) is 80.6 Å². The Morgan fingerprint density at radius 3 is 2.14 bits per heavy atom. The zero-order valence-electron chi connectivity index (χ0n) is 20.2. The van der Waals surface area contributed by atoms with Crippen molar-refractivity contribution in [1.82, 2.24) is 10.6 Å². The summed E-state index contributed by atoms with van der Waals surface area (Å²) < 4.78 is 5.54. The Bertz CT molecular complexity index is 1020. The molecule has 0 spiro atoms. The number of fused-ring (bicyclic) bond motifs is 3. The van der Waals surface area contributed by atoms with Gasteiger partial charge in [0.1, 0.15) is 12.6 Å². The van der Waals surface area contributed by atoms with Gasteiger partial charge in [0.25, 0.3) is 0 Å². The maximum absolute atomic E-state index is 12.5. The smallest absolute Gasteiger partial charge is 0.407 e. The second kappa shape index (κ2) is 11.4. The van der Waals surface area contributed by atoms with E-state index < -0.39 is 24.1 Å². The molecule has 0 heterocycles. The topological polar surface area (TPSA) is 105 Å². The van der Waals surface area contributed by atoms with Crippen molar-refractivity contribution < 1.29 is 24.2 Å². The summed E-state index contributed by atoms with van der Waals surface area (Å²) in [5.41, 5.74) is 4.57. The van der Waals surface area contributed by atoms with Crippen LogP contribution in [0, 0.1) is 5.92 Å². The number of alkyl carbamates (subject to hydrolysis) is 1. The van der Waals surface area contributed by atoms with Gasteiger partial charge in [-0.25, -0.2) is 9.59 Å². The Morgan fingerprint density at radius 2 is 1.54 bits per heavy atom. The lowest BCUT2D eigenvalue weighted by atomic mass is 9.85. The molecule has 2 amide bonds. The van der Waals surface area contributed by atoms with Crippen molar-refractivity contribution in [2.45, 2.75) is 69.9 Å². The van der Waals surface area contributed by atoms with Crippen LogP contribution in [0.4, 0.5) is 4.79 Å². The number of carboxylic acids is 1. The quantitative estimate of drug-likeness (QED) is 0.478. The molecule has 2 unspecified atom stereocenters. The van der Waals surface area contributed by atoms with Crippen molar-refractivity contribution in [3.8, 4) is 11.1 Å². The average Bonchev–Trinajstić information content (AvgIpc) is 3.16. The molecule has 2 aliphatic carbocycles. The highest BCUT2D eigenvalue weighted by Gasteiger charge is 2.29. The molecule has 0 saturated heterocycles. The number of carboxylic acid groups (broad SMARTS) is 1. The lowest BCUT2D eigenvalue weighted by Gasteiger charge is -2.25. The highest BCUT2D eigenvalue weighted by Crippen LogP contribution is 2.44. The fourth-order valence-corrected chi connectivity index (χ4v) is 5.40. The van der Waals surface area contributed by atoms with Gasteiger partial charge in [0, 0.05) is 18.4 Å². The maximum Gasteiger partial charge on any atom is 0.407 e. The van der Waals surface area contributed by atoms with E-state index in [9.17, 15) is 19.5 Å². The molecule has 2 aliphatic rings. The van der Waals surface area contributed by atoms with Gasteiger partial charge in [-0.15, -0.1) is 0 Å². The van der Waals surface area contributed by atoms with E-state index in [1.54, 1.807) is 6.92 Å². The lowest BCUT2D eigenvalue weighted by Crippen LogP contribution is -2.45. The molecule has 0 bridgehead atoms. The number of hydrogen-bond acceptors (Lipinski definition) is 4. The molecule has 0 radical (unpaired) electrons. The van der Waals surface area contributed by atoms with E-state index in [4.69, 9.17) is 4.74 Å². The van der Waals surface area contributed by atoms with Gasteiger partial charge in [-0.05, 0) is 41.5 Å². The largest absolute Gasteiger partial charge is 0.480 e. The van der Waals surface area contributed by atoms with Crippen molar-refractivity contribution in [2.24, 2.45) is 5.92 Å².